The summed E-state index contributed by atoms with van der Waals surface area (Å²) < 4.78 is 5.39. The molecule has 146 valence electrons. The standard InChI is InChI=1S/C20H20ClN3O4/c1-13(25)23(2)10-14-5-3-4-6-16(14)22-19(26)11-24-17-9-15(21)7-8-18(17)28-12-20(24)27/h3-9H,10-12H2,1-2H3,(H,22,26). The van der Waals surface area contributed by atoms with Crippen molar-refractivity contribution in [2.24, 2.45) is 0 Å². The van der Waals surface area contributed by atoms with Gasteiger partial charge in [0.1, 0.15) is 12.3 Å². The number of nitrogens with one attached hydrogen (secondary N) is 1. The highest BCUT2D eigenvalue weighted by atomic mass is 35.5. The molecule has 3 amide bonds. The minimum absolute atomic E-state index is 0.0754. The summed E-state index contributed by atoms with van der Waals surface area (Å²) in [6.45, 7) is 1.53. The van der Waals surface area contributed by atoms with Gasteiger partial charge < -0.3 is 15.0 Å². The van der Waals surface area contributed by atoms with E-state index in [-0.39, 0.29) is 30.9 Å². The number of para-hydroxylation sites is 1. The SMILES string of the molecule is CC(=O)N(C)Cc1ccccc1NC(=O)CN1C(=O)COc2ccc(Cl)cc21. The van der Waals surface area contributed by atoms with Crippen LogP contribution in [0.15, 0.2) is 42.5 Å². The first-order valence-electron chi connectivity index (χ1n) is 8.67. The maximum Gasteiger partial charge on any atom is 0.265 e. The zero-order valence-corrected chi connectivity index (χ0v) is 16.3. The number of carbonyl (C=O) groups excluding carboxylic acids is 3. The van der Waals surface area contributed by atoms with Gasteiger partial charge in [-0.3, -0.25) is 19.3 Å². The largest absolute Gasteiger partial charge is 0.482 e. The number of anilines is 2. The molecule has 0 fully saturated rings. The van der Waals surface area contributed by atoms with Gasteiger partial charge in [-0.1, -0.05) is 29.8 Å². The van der Waals surface area contributed by atoms with Gasteiger partial charge in [0.25, 0.3) is 5.91 Å². The molecule has 7 nitrogen and oxygen atoms in total. The molecule has 0 saturated heterocycles. The molecule has 8 heteroatoms. The third-order valence-electron chi connectivity index (χ3n) is 4.40. The molecule has 2 aromatic carbocycles. The van der Waals surface area contributed by atoms with E-state index in [0.717, 1.165) is 5.56 Å². The molecule has 0 atom stereocenters. The van der Waals surface area contributed by atoms with E-state index in [0.29, 0.717) is 28.7 Å². The zero-order valence-electron chi connectivity index (χ0n) is 15.6. The average molecular weight is 402 g/mol. The summed E-state index contributed by atoms with van der Waals surface area (Å²) in [7, 11) is 1.69. The van der Waals surface area contributed by atoms with Gasteiger partial charge in [0, 0.05) is 31.2 Å². The summed E-state index contributed by atoms with van der Waals surface area (Å²) in [4.78, 5) is 39.3. The number of amides is 3. The second-order valence-electron chi connectivity index (χ2n) is 6.46. The maximum atomic E-state index is 12.6. The zero-order chi connectivity index (χ0) is 20.3. The van der Waals surface area contributed by atoms with Crippen LogP contribution in [0.1, 0.15) is 12.5 Å². The molecule has 2 aromatic rings. The third-order valence-corrected chi connectivity index (χ3v) is 4.64. The van der Waals surface area contributed by atoms with Crippen molar-refractivity contribution in [3.63, 3.8) is 0 Å². The van der Waals surface area contributed by atoms with E-state index in [4.69, 9.17) is 16.3 Å². The van der Waals surface area contributed by atoms with Crippen molar-refractivity contribution in [3.05, 3.63) is 53.1 Å². The summed E-state index contributed by atoms with van der Waals surface area (Å²) in [6, 6.07) is 12.1. The smallest absolute Gasteiger partial charge is 0.265 e. The lowest BCUT2D eigenvalue weighted by Crippen LogP contribution is -2.43. The van der Waals surface area contributed by atoms with Crippen LogP contribution in [-0.2, 0) is 20.9 Å². The van der Waals surface area contributed by atoms with Crippen molar-refractivity contribution in [1.29, 1.82) is 0 Å². The van der Waals surface area contributed by atoms with Crippen molar-refractivity contribution in [2.75, 3.05) is 30.4 Å². The Morgan fingerprint density at radius 1 is 1.25 bits per heavy atom. The topological polar surface area (TPSA) is 79.0 Å². The molecular weight excluding hydrogens is 382 g/mol. The second kappa shape index (κ2) is 8.31. The van der Waals surface area contributed by atoms with Crippen molar-refractivity contribution in [2.45, 2.75) is 13.5 Å². The molecule has 0 spiro atoms. The molecule has 0 bridgehead atoms. The number of carbonyl (C=O) groups is 3. The van der Waals surface area contributed by atoms with Crippen LogP contribution in [-0.4, -0.2) is 42.8 Å². The Labute approximate surface area is 167 Å². The van der Waals surface area contributed by atoms with Gasteiger partial charge in [-0.25, -0.2) is 0 Å². The summed E-state index contributed by atoms with van der Waals surface area (Å²) in [5.74, 6) is -0.262. The van der Waals surface area contributed by atoms with E-state index in [2.05, 4.69) is 5.32 Å². The highest BCUT2D eigenvalue weighted by Crippen LogP contribution is 2.34. The molecule has 1 aliphatic rings. The molecule has 0 aromatic heterocycles. The number of ether oxygens (including phenoxy) is 1. The molecule has 0 saturated carbocycles. The van der Waals surface area contributed by atoms with E-state index >= 15 is 0 Å². The number of hydrogen-bond donors (Lipinski definition) is 1. The highest BCUT2D eigenvalue weighted by molar-refractivity contribution is 6.31. The molecular formula is C20H20ClN3O4. The molecule has 1 heterocycles. The number of nitrogens with zero attached hydrogens (tertiary/aromatic N) is 2. The van der Waals surface area contributed by atoms with Gasteiger partial charge in [-0.2, -0.15) is 0 Å². The summed E-state index contributed by atoms with van der Waals surface area (Å²) >= 11 is 6.02. The van der Waals surface area contributed by atoms with Crippen LogP contribution >= 0.6 is 11.6 Å². The minimum atomic E-state index is -0.362. The highest BCUT2D eigenvalue weighted by Gasteiger charge is 2.27. The number of halogens is 1. The summed E-state index contributed by atoms with van der Waals surface area (Å²) in [5.41, 5.74) is 1.85. The van der Waals surface area contributed by atoms with E-state index in [9.17, 15) is 14.4 Å². The van der Waals surface area contributed by atoms with E-state index < -0.39 is 0 Å². The lowest BCUT2D eigenvalue weighted by molar-refractivity contribution is -0.128. The normalized spacial score (nSPS) is 12.8. The predicted molar refractivity (Wildman–Crippen MR) is 107 cm³/mol. The van der Waals surface area contributed by atoms with Crippen LogP contribution in [0.2, 0.25) is 5.02 Å². The third kappa shape index (κ3) is 4.43. The monoisotopic (exact) mass is 401 g/mol. The van der Waals surface area contributed by atoms with Crippen molar-refractivity contribution in [3.8, 4) is 5.75 Å². The van der Waals surface area contributed by atoms with Gasteiger partial charge in [0.05, 0.1) is 5.69 Å². The van der Waals surface area contributed by atoms with Crippen molar-refractivity contribution < 1.29 is 19.1 Å². The first kappa shape index (κ1) is 19.7. The molecule has 1 N–H and O–H groups in total. The Bertz CT molecular complexity index is 931. The number of hydrogen-bond acceptors (Lipinski definition) is 4. The van der Waals surface area contributed by atoms with E-state index in [1.165, 1.54) is 11.8 Å². The Morgan fingerprint density at radius 3 is 2.75 bits per heavy atom. The lowest BCUT2D eigenvalue weighted by atomic mass is 10.1. The van der Waals surface area contributed by atoms with Gasteiger partial charge in [-0.05, 0) is 29.8 Å². The maximum absolute atomic E-state index is 12.6. The van der Waals surface area contributed by atoms with Gasteiger partial charge in [0.2, 0.25) is 11.8 Å². The minimum Gasteiger partial charge on any atom is -0.482 e. The molecule has 1 aliphatic heterocycles. The molecule has 3 rings (SSSR count). The van der Waals surface area contributed by atoms with Crippen LogP contribution in [0.3, 0.4) is 0 Å². The predicted octanol–water partition coefficient (Wildman–Crippen LogP) is 2.68. The van der Waals surface area contributed by atoms with Gasteiger partial charge in [0.15, 0.2) is 6.61 Å². The average Bonchev–Trinajstić information content (AvgIpc) is 2.65. The first-order chi connectivity index (χ1) is 13.3. The van der Waals surface area contributed by atoms with E-state index in [1.54, 1.807) is 42.3 Å². The Kier molecular flexibility index (Phi) is 5.84. The van der Waals surface area contributed by atoms with Crippen molar-refractivity contribution >= 4 is 40.7 Å². The molecule has 0 aliphatic carbocycles. The van der Waals surface area contributed by atoms with Crippen molar-refractivity contribution in [1.82, 2.24) is 4.90 Å². The Balaban J connectivity index is 1.76. The fraction of sp³-hybridized carbons (Fsp3) is 0.250. The lowest BCUT2D eigenvalue weighted by Gasteiger charge is -2.29. The molecule has 0 radical (unpaired) electrons. The van der Waals surface area contributed by atoms with Crippen LogP contribution < -0.4 is 15.0 Å². The fourth-order valence-electron chi connectivity index (χ4n) is 2.83. The summed E-state index contributed by atoms with van der Waals surface area (Å²) in [6.07, 6.45) is 0. The Hall–Kier alpha value is -3.06. The number of benzene rings is 2. The van der Waals surface area contributed by atoms with Crippen LogP contribution in [0.4, 0.5) is 11.4 Å². The number of fused-ring (bicyclic) bond motifs is 1. The van der Waals surface area contributed by atoms with Crippen LogP contribution in [0.25, 0.3) is 0 Å². The first-order valence-corrected chi connectivity index (χ1v) is 9.05. The molecule has 28 heavy (non-hydrogen) atoms. The van der Waals surface area contributed by atoms with Crippen LogP contribution in [0, 0.1) is 0 Å². The van der Waals surface area contributed by atoms with Gasteiger partial charge >= 0.3 is 0 Å². The fourth-order valence-corrected chi connectivity index (χ4v) is 3.00. The Morgan fingerprint density at radius 2 is 2.00 bits per heavy atom. The van der Waals surface area contributed by atoms with Gasteiger partial charge in [-0.15, -0.1) is 0 Å². The quantitative estimate of drug-likeness (QED) is 0.835. The second-order valence-corrected chi connectivity index (χ2v) is 6.90. The molecule has 0 unspecified atom stereocenters. The summed E-state index contributed by atoms with van der Waals surface area (Å²) in [5, 5.41) is 3.27. The number of rotatable bonds is 5. The van der Waals surface area contributed by atoms with E-state index in [1.807, 2.05) is 12.1 Å². The van der Waals surface area contributed by atoms with Crippen LogP contribution in [0.5, 0.6) is 5.75 Å².